The van der Waals surface area contributed by atoms with Crippen molar-refractivity contribution in [2.45, 2.75) is 33.6 Å². The Labute approximate surface area is 90.5 Å². The van der Waals surface area contributed by atoms with Crippen LogP contribution in [0.1, 0.15) is 38.1 Å². The Morgan fingerprint density at radius 3 is 2.33 bits per heavy atom. The van der Waals surface area contributed by atoms with Gasteiger partial charge in [0.05, 0.1) is 0 Å². The van der Waals surface area contributed by atoms with E-state index in [9.17, 15) is 0 Å². The summed E-state index contributed by atoms with van der Waals surface area (Å²) in [5.74, 6) is 8.04. The molecule has 0 unspecified atom stereocenters. The van der Waals surface area contributed by atoms with Crippen LogP contribution in [-0.4, -0.2) is 16.5 Å². The third kappa shape index (κ3) is 2.56. The lowest BCUT2D eigenvalue weighted by molar-refractivity contribution is 0.773. The maximum absolute atomic E-state index is 5.42. The molecule has 0 fully saturated rings. The van der Waals surface area contributed by atoms with Crippen LogP contribution >= 0.6 is 0 Å². The Bertz CT molecular complexity index is 335. The van der Waals surface area contributed by atoms with Crippen molar-refractivity contribution in [3.8, 4) is 0 Å². The molecule has 4 N–H and O–H groups in total. The van der Waals surface area contributed by atoms with Crippen molar-refractivity contribution in [2.24, 2.45) is 5.84 Å². The van der Waals surface area contributed by atoms with Crippen LogP contribution in [0.25, 0.3) is 0 Å². The molecule has 0 bridgehead atoms. The summed E-state index contributed by atoms with van der Waals surface area (Å²) in [5, 5.41) is 3.20. The first-order chi connectivity index (χ1) is 7.10. The van der Waals surface area contributed by atoms with E-state index in [4.69, 9.17) is 5.84 Å². The van der Waals surface area contributed by atoms with Gasteiger partial charge in [-0.15, -0.1) is 0 Å². The Balaban J connectivity index is 3.19. The van der Waals surface area contributed by atoms with Crippen LogP contribution in [0.4, 0.5) is 11.6 Å². The Morgan fingerprint density at radius 1 is 1.27 bits per heavy atom. The van der Waals surface area contributed by atoms with Gasteiger partial charge in [-0.3, -0.25) is 0 Å². The minimum atomic E-state index is 0.287. The summed E-state index contributed by atoms with van der Waals surface area (Å²) < 4.78 is 0. The number of anilines is 2. The lowest BCUT2D eigenvalue weighted by atomic mass is 10.2. The van der Waals surface area contributed by atoms with Crippen LogP contribution in [-0.2, 0) is 0 Å². The lowest BCUT2D eigenvalue weighted by Crippen LogP contribution is -2.15. The van der Waals surface area contributed by atoms with Crippen LogP contribution in [0, 0.1) is 6.92 Å². The molecule has 0 aliphatic heterocycles. The molecular weight excluding hydrogens is 190 g/mol. The highest BCUT2D eigenvalue weighted by Crippen LogP contribution is 2.22. The van der Waals surface area contributed by atoms with Crippen LogP contribution in [0.3, 0.4) is 0 Å². The van der Waals surface area contributed by atoms with E-state index < -0.39 is 0 Å². The minimum Gasteiger partial charge on any atom is -0.370 e. The fourth-order valence-corrected chi connectivity index (χ4v) is 1.27. The lowest BCUT2D eigenvalue weighted by Gasteiger charge is -2.13. The van der Waals surface area contributed by atoms with E-state index in [1.165, 1.54) is 0 Å². The van der Waals surface area contributed by atoms with Crippen LogP contribution in [0.5, 0.6) is 0 Å². The smallest absolute Gasteiger partial charge is 0.148 e. The highest BCUT2D eigenvalue weighted by Gasteiger charge is 2.11. The van der Waals surface area contributed by atoms with Gasteiger partial charge in [-0.05, 0) is 13.8 Å². The fourth-order valence-electron chi connectivity index (χ4n) is 1.27. The van der Waals surface area contributed by atoms with Gasteiger partial charge in [-0.25, -0.2) is 15.8 Å². The fraction of sp³-hybridized carbons (Fsp3) is 0.600. The monoisotopic (exact) mass is 209 g/mol. The summed E-state index contributed by atoms with van der Waals surface area (Å²) in [7, 11) is 0. The van der Waals surface area contributed by atoms with Crippen molar-refractivity contribution in [3.63, 3.8) is 0 Å². The molecule has 0 radical (unpaired) electrons. The molecule has 0 aliphatic carbocycles. The number of rotatable bonds is 4. The Kier molecular flexibility index (Phi) is 3.85. The van der Waals surface area contributed by atoms with Gasteiger partial charge >= 0.3 is 0 Å². The van der Waals surface area contributed by atoms with E-state index in [1.807, 2.05) is 13.8 Å². The summed E-state index contributed by atoms with van der Waals surface area (Å²) in [6.45, 7) is 8.92. The van der Waals surface area contributed by atoms with E-state index in [0.29, 0.717) is 5.82 Å². The molecule has 5 nitrogen and oxygen atoms in total. The maximum Gasteiger partial charge on any atom is 0.148 e. The summed E-state index contributed by atoms with van der Waals surface area (Å²) >= 11 is 0. The second-order valence-corrected chi connectivity index (χ2v) is 3.73. The van der Waals surface area contributed by atoms with Crippen molar-refractivity contribution in [1.82, 2.24) is 9.97 Å². The van der Waals surface area contributed by atoms with Gasteiger partial charge in [0, 0.05) is 18.0 Å². The van der Waals surface area contributed by atoms with Gasteiger partial charge in [-0.1, -0.05) is 13.8 Å². The van der Waals surface area contributed by atoms with Gasteiger partial charge in [0.15, 0.2) is 0 Å². The number of nitrogens with zero attached hydrogens (tertiary/aromatic N) is 2. The first-order valence-corrected chi connectivity index (χ1v) is 5.19. The Morgan fingerprint density at radius 2 is 1.87 bits per heavy atom. The number of nitrogen functional groups attached to an aromatic ring is 1. The molecule has 0 spiro atoms. The van der Waals surface area contributed by atoms with Crippen LogP contribution < -0.4 is 16.6 Å². The number of nitrogens with two attached hydrogens (primary N) is 1. The third-order valence-corrected chi connectivity index (χ3v) is 2.16. The molecule has 1 aromatic heterocycles. The molecule has 0 aliphatic rings. The van der Waals surface area contributed by atoms with Gasteiger partial charge in [0.2, 0.25) is 0 Å². The average Bonchev–Trinajstić information content (AvgIpc) is 2.21. The summed E-state index contributed by atoms with van der Waals surface area (Å²) in [6.07, 6.45) is 0. The SMILES string of the molecule is CCNc1nc(C(C)C)nc(NN)c1C. The molecule has 0 atom stereocenters. The highest BCUT2D eigenvalue weighted by molar-refractivity contribution is 5.56. The molecule has 0 amide bonds. The number of hydrazine groups is 1. The molecule has 15 heavy (non-hydrogen) atoms. The Hall–Kier alpha value is -1.36. The van der Waals surface area contributed by atoms with Gasteiger partial charge < -0.3 is 10.7 Å². The zero-order chi connectivity index (χ0) is 11.4. The van der Waals surface area contributed by atoms with E-state index in [2.05, 4.69) is 34.6 Å². The normalized spacial score (nSPS) is 10.5. The van der Waals surface area contributed by atoms with Crippen molar-refractivity contribution in [1.29, 1.82) is 0 Å². The molecule has 84 valence electrons. The number of nitrogens with one attached hydrogen (secondary N) is 2. The standard InChI is InChI=1S/C10H19N5/c1-5-12-9-7(4)10(15-11)14-8(13-9)6(2)3/h6H,5,11H2,1-4H3,(H2,12,13,14,15). The molecule has 0 saturated heterocycles. The molecule has 0 aromatic carbocycles. The first kappa shape index (κ1) is 11.7. The predicted molar refractivity (Wildman–Crippen MR) is 62.8 cm³/mol. The van der Waals surface area contributed by atoms with Crippen molar-refractivity contribution in [2.75, 3.05) is 17.3 Å². The molecule has 1 heterocycles. The number of hydrogen-bond donors (Lipinski definition) is 3. The van der Waals surface area contributed by atoms with E-state index >= 15 is 0 Å². The van der Waals surface area contributed by atoms with Gasteiger partial charge in [-0.2, -0.15) is 0 Å². The summed E-state index contributed by atoms with van der Waals surface area (Å²) in [4.78, 5) is 8.80. The van der Waals surface area contributed by atoms with E-state index in [-0.39, 0.29) is 5.92 Å². The number of hydrogen-bond acceptors (Lipinski definition) is 5. The topological polar surface area (TPSA) is 75.9 Å². The average molecular weight is 209 g/mol. The minimum absolute atomic E-state index is 0.287. The molecule has 0 saturated carbocycles. The largest absolute Gasteiger partial charge is 0.370 e. The highest BCUT2D eigenvalue weighted by atomic mass is 15.3. The van der Waals surface area contributed by atoms with Crippen LogP contribution in [0.15, 0.2) is 0 Å². The zero-order valence-electron chi connectivity index (χ0n) is 9.76. The first-order valence-electron chi connectivity index (χ1n) is 5.19. The second kappa shape index (κ2) is 4.93. The molecule has 1 rings (SSSR count). The zero-order valence-corrected chi connectivity index (χ0v) is 9.76. The van der Waals surface area contributed by atoms with Gasteiger partial charge in [0.25, 0.3) is 0 Å². The molecule has 5 heteroatoms. The third-order valence-electron chi connectivity index (χ3n) is 2.16. The number of aromatic nitrogens is 2. The predicted octanol–water partition coefficient (Wildman–Crippen LogP) is 1.63. The quantitative estimate of drug-likeness (QED) is 0.519. The summed E-state index contributed by atoms with van der Waals surface area (Å²) in [6, 6.07) is 0. The van der Waals surface area contributed by atoms with E-state index in [0.717, 1.165) is 23.8 Å². The molecular formula is C10H19N5. The van der Waals surface area contributed by atoms with Crippen LogP contribution in [0.2, 0.25) is 0 Å². The van der Waals surface area contributed by atoms with E-state index in [1.54, 1.807) is 0 Å². The maximum atomic E-state index is 5.42. The molecule has 1 aromatic rings. The van der Waals surface area contributed by atoms with Crippen molar-refractivity contribution in [3.05, 3.63) is 11.4 Å². The van der Waals surface area contributed by atoms with Gasteiger partial charge in [0.1, 0.15) is 17.5 Å². The van der Waals surface area contributed by atoms with Crippen molar-refractivity contribution >= 4 is 11.6 Å². The summed E-state index contributed by atoms with van der Waals surface area (Å²) in [5.41, 5.74) is 3.55. The second-order valence-electron chi connectivity index (χ2n) is 3.73. The van der Waals surface area contributed by atoms with Crippen molar-refractivity contribution < 1.29 is 0 Å².